The van der Waals surface area contributed by atoms with Crippen LogP contribution in [0.15, 0.2) is 29.5 Å². The number of nitrogens with two attached hydrogens (primary N) is 1. The van der Waals surface area contributed by atoms with Crippen molar-refractivity contribution >= 4 is 38.9 Å². The minimum atomic E-state index is -3.71. The van der Waals surface area contributed by atoms with E-state index in [4.69, 9.17) is 27.3 Å². The first-order valence-corrected chi connectivity index (χ1v) is 11.1. The summed E-state index contributed by atoms with van der Waals surface area (Å²) in [5.74, 6) is -0.0964. The molecule has 2 aromatic rings. The van der Waals surface area contributed by atoms with Gasteiger partial charge in [-0.1, -0.05) is 11.6 Å². The number of rotatable bonds is 2. The Hall–Kier alpha value is -2.19. The number of hydrogen-bond donors (Lipinski definition) is 1. The number of aliphatic imine (C=N–C) groups is 1. The molecule has 28 heavy (non-hydrogen) atoms. The molecule has 0 saturated carbocycles. The molecule has 0 aromatic carbocycles. The molecule has 146 valence electrons. The van der Waals surface area contributed by atoms with Gasteiger partial charge in [-0.25, -0.2) is 17.7 Å². The van der Waals surface area contributed by atoms with Gasteiger partial charge in [0.05, 0.1) is 22.1 Å². The van der Waals surface area contributed by atoms with Crippen LogP contribution >= 0.6 is 22.9 Å². The van der Waals surface area contributed by atoms with Gasteiger partial charge < -0.3 is 10.5 Å². The van der Waals surface area contributed by atoms with Crippen molar-refractivity contribution in [2.45, 2.75) is 17.2 Å². The normalized spacial score (nSPS) is 26.2. The Bertz CT molecular complexity index is 1120. The summed E-state index contributed by atoms with van der Waals surface area (Å²) < 4.78 is 32.7. The highest BCUT2D eigenvalue weighted by Crippen LogP contribution is 2.49. The van der Waals surface area contributed by atoms with E-state index >= 15 is 0 Å². The lowest BCUT2D eigenvalue weighted by Crippen LogP contribution is -2.60. The van der Waals surface area contributed by atoms with Crippen molar-refractivity contribution in [2.24, 2.45) is 10.7 Å². The van der Waals surface area contributed by atoms with Crippen molar-refractivity contribution < 1.29 is 13.2 Å². The minimum absolute atomic E-state index is 0.0710. The Morgan fingerprint density at radius 2 is 2.25 bits per heavy atom. The fraction of sp³-hybridized carbons (Fsp3) is 0.353. The van der Waals surface area contributed by atoms with E-state index < -0.39 is 20.8 Å². The Kier molecular flexibility index (Phi) is 4.58. The zero-order valence-electron chi connectivity index (χ0n) is 14.8. The van der Waals surface area contributed by atoms with Gasteiger partial charge in [0, 0.05) is 36.5 Å². The summed E-state index contributed by atoms with van der Waals surface area (Å²) in [6, 6.07) is 5.49. The number of halogens is 1. The lowest BCUT2D eigenvalue weighted by Gasteiger charge is -2.45. The topological polar surface area (TPSA) is 122 Å². The summed E-state index contributed by atoms with van der Waals surface area (Å²) >= 11 is 7.86. The number of ether oxygens (including phenoxy) is 1. The second-order valence-corrected chi connectivity index (χ2v) is 10.2. The van der Waals surface area contributed by atoms with E-state index in [2.05, 4.69) is 16.0 Å². The molecule has 0 aliphatic carbocycles. The van der Waals surface area contributed by atoms with Gasteiger partial charge in [-0.2, -0.15) is 5.26 Å². The highest BCUT2D eigenvalue weighted by molar-refractivity contribution is 7.90. The molecule has 2 aliphatic heterocycles. The molecule has 11 heteroatoms. The first kappa shape index (κ1) is 19.1. The Balaban J connectivity index is 1.90. The van der Waals surface area contributed by atoms with Crippen LogP contribution in [0.25, 0.3) is 10.4 Å². The van der Waals surface area contributed by atoms with Gasteiger partial charge in [-0.3, -0.25) is 4.98 Å². The lowest BCUT2D eigenvalue weighted by atomic mass is 9.90. The molecule has 4 rings (SSSR count). The van der Waals surface area contributed by atoms with Gasteiger partial charge in [0.15, 0.2) is 0 Å². The number of hydrogen-bond acceptors (Lipinski definition) is 8. The van der Waals surface area contributed by atoms with Crippen LogP contribution in [0.2, 0.25) is 5.02 Å². The molecule has 1 saturated heterocycles. The maximum Gasteiger partial charge on any atom is 0.243 e. The second-order valence-electron chi connectivity index (χ2n) is 6.60. The number of nitriles is 1. The van der Waals surface area contributed by atoms with E-state index in [1.807, 2.05) is 0 Å². The molecule has 2 aliphatic rings. The van der Waals surface area contributed by atoms with Crippen LogP contribution in [0.3, 0.4) is 0 Å². The van der Waals surface area contributed by atoms with E-state index in [-0.39, 0.29) is 12.6 Å². The molecule has 0 amide bonds. The smallest absolute Gasteiger partial charge is 0.243 e. The van der Waals surface area contributed by atoms with E-state index in [0.29, 0.717) is 28.5 Å². The van der Waals surface area contributed by atoms with Crippen molar-refractivity contribution in [3.05, 3.63) is 40.0 Å². The van der Waals surface area contributed by atoms with Crippen LogP contribution in [0.1, 0.15) is 16.9 Å². The average molecular weight is 438 g/mol. The van der Waals surface area contributed by atoms with Gasteiger partial charge in [0.2, 0.25) is 16.0 Å². The number of fused-ring (bicyclic) bond motifs is 1. The summed E-state index contributed by atoms with van der Waals surface area (Å²) in [5, 5.41) is 8.67. The molecular weight excluding hydrogens is 422 g/mol. The maximum absolute atomic E-state index is 13.0. The van der Waals surface area contributed by atoms with Crippen molar-refractivity contribution in [2.75, 3.05) is 20.3 Å². The van der Waals surface area contributed by atoms with E-state index in [9.17, 15) is 8.42 Å². The molecular formula is C17H16ClN5O3S2. The highest BCUT2D eigenvalue weighted by Gasteiger charge is 2.56. The summed E-state index contributed by atoms with van der Waals surface area (Å²) in [5.41, 5.74) is 5.88. The van der Waals surface area contributed by atoms with Gasteiger partial charge in [-0.15, -0.1) is 11.3 Å². The predicted octanol–water partition coefficient (Wildman–Crippen LogP) is 1.91. The number of nitrogens with zero attached hydrogens (tertiary/aromatic N) is 4. The molecule has 2 atom stereocenters. The molecule has 2 aromatic heterocycles. The van der Waals surface area contributed by atoms with Crippen molar-refractivity contribution in [3.63, 3.8) is 0 Å². The van der Waals surface area contributed by atoms with Crippen LogP contribution in [-0.2, 0) is 20.3 Å². The first-order chi connectivity index (χ1) is 13.3. The third-order valence-electron chi connectivity index (χ3n) is 4.99. The third-order valence-corrected chi connectivity index (χ3v) is 9.05. The number of thiophene rings is 1. The number of aromatic nitrogens is 1. The van der Waals surface area contributed by atoms with Gasteiger partial charge >= 0.3 is 0 Å². The number of pyridine rings is 1. The van der Waals surface area contributed by atoms with Gasteiger partial charge in [0.1, 0.15) is 16.9 Å². The summed E-state index contributed by atoms with van der Waals surface area (Å²) in [7, 11) is -2.31. The third kappa shape index (κ3) is 2.78. The molecule has 0 spiro atoms. The summed E-state index contributed by atoms with van der Waals surface area (Å²) in [6.07, 6.45) is 3.39. The highest BCUT2D eigenvalue weighted by atomic mass is 35.5. The van der Waals surface area contributed by atoms with E-state index in [0.717, 1.165) is 14.7 Å². The molecule has 8 nitrogen and oxygen atoms in total. The molecule has 0 bridgehead atoms. The van der Waals surface area contributed by atoms with Gasteiger partial charge in [0.25, 0.3) is 0 Å². The number of guanidine groups is 1. The predicted molar refractivity (Wildman–Crippen MR) is 106 cm³/mol. The Morgan fingerprint density at radius 3 is 3.00 bits per heavy atom. The molecule has 4 heterocycles. The van der Waals surface area contributed by atoms with Crippen molar-refractivity contribution in [1.29, 1.82) is 5.26 Å². The van der Waals surface area contributed by atoms with E-state index in [1.165, 1.54) is 24.6 Å². The summed E-state index contributed by atoms with van der Waals surface area (Å²) in [4.78, 5) is 9.97. The maximum atomic E-state index is 13.0. The van der Waals surface area contributed by atoms with Crippen molar-refractivity contribution in [3.8, 4) is 16.5 Å². The minimum Gasteiger partial charge on any atom is -0.378 e. The monoisotopic (exact) mass is 437 g/mol. The van der Waals surface area contributed by atoms with Crippen LogP contribution < -0.4 is 5.73 Å². The van der Waals surface area contributed by atoms with Crippen molar-refractivity contribution in [1.82, 2.24) is 9.29 Å². The van der Waals surface area contributed by atoms with Crippen LogP contribution in [0.5, 0.6) is 0 Å². The average Bonchev–Trinajstić information content (AvgIpc) is 3.09. The summed E-state index contributed by atoms with van der Waals surface area (Å²) in [6.45, 7) is 0.389. The largest absolute Gasteiger partial charge is 0.378 e. The zero-order valence-corrected chi connectivity index (χ0v) is 17.2. The van der Waals surface area contributed by atoms with Crippen LogP contribution in [-0.4, -0.2) is 49.2 Å². The van der Waals surface area contributed by atoms with E-state index in [1.54, 1.807) is 18.3 Å². The lowest BCUT2D eigenvalue weighted by molar-refractivity contribution is 0.0390. The van der Waals surface area contributed by atoms with Crippen LogP contribution in [0, 0.1) is 11.3 Å². The standard InChI is InChI=1S/C17H16ClN5O3S2/c1-23-16(20)22-17(9-26-3-2-14(17)28(23,24)25)15-12(18)5-13(27-15)11-4-10(6-19)7-21-8-11/h4-5,7-8,14H,2-3,9H2,1H3,(H2,20,22). The Labute approximate surface area is 171 Å². The fourth-order valence-electron chi connectivity index (χ4n) is 3.55. The van der Waals surface area contributed by atoms with Crippen LogP contribution in [0.4, 0.5) is 0 Å². The molecule has 0 radical (unpaired) electrons. The molecule has 1 fully saturated rings. The molecule has 2 unspecified atom stereocenters. The second kappa shape index (κ2) is 6.70. The SMILES string of the molecule is CN1C(N)=NC2(c3sc(-c4cncc(C#N)c4)cc3Cl)COCCC2S1(=O)=O. The van der Waals surface area contributed by atoms with Gasteiger partial charge in [-0.05, 0) is 18.6 Å². The quantitative estimate of drug-likeness (QED) is 0.765. The first-order valence-electron chi connectivity index (χ1n) is 8.36. The Morgan fingerprint density at radius 1 is 1.46 bits per heavy atom. The fourth-order valence-corrected chi connectivity index (χ4v) is 7.09. The molecule has 2 N–H and O–H groups in total. The number of sulfonamides is 1. The zero-order chi connectivity index (χ0) is 20.1.